The predicted octanol–water partition coefficient (Wildman–Crippen LogP) is 2.09. The molecule has 0 spiro atoms. The number of rotatable bonds is 2. The molecule has 3 heterocycles. The standard InChI is InChI=1S/C17H24ClN5O/c18-12-4-3-5-13(10-12)19-17(24)23-9-6-15-14(11-23)16(21-20-15)22-7-1-2-8-22/h3-5,10,14-16,20-21H,1-2,6-9,11H2,(H,19,24). The third kappa shape index (κ3) is 3.24. The molecule has 130 valence electrons. The van der Waals surface area contributed by atoms with Crippen LogP contribution >= 0.6 is 11.6 Å². The van der Waals surface area contributed by atoms with Gasteiger partial charge in [-0.2, -0.15) is 0 Å². The molecule has 3 aliphatic heterocycles. The number of halogens is 1. The topological polar surface area (TPSA) is 59.6 Å². The number of benzene rings is 1. The third-order valence-electron chi connectivity index (χ3n) is 5.38. The molecule has 6 nitrogen and oxygen atoms in total. The van der Waals surface area contributed by atoms with Gasteiger partial charge in [-0.25, -0.2) is 10.2 Å². The normalized spacial score (nSPS) is 30.4. The number of carbonyl (C=O) groups is 1. The van der Waals surface area contributed by atoms with Gasteiger partial charge in [0.2, 0.25) is 0 Å². The lowest BCUT2D eigenvalue weighted by molar-refractivity contribution is 0.118. The van der Waals surface area contributed by atoms with Gasteiger partial charge >= 0.3 is 6.03 Å². The van der Waals surface area contributed by atoms with Crippen molar-refractivity contribution in [1.82, 2.24) is 20.7 Å². The molecule has 3 N–H and O–H groups in total. The summed E-state index contributed by atoms with van der Waals surface area (Å²) in [6.07, 6.45) is 3.85. The minimum absolute atomic E-state index is 0.0391. The molecular weight excluding hydrogens is 326 g/mol. The van der Waals surface area contributed by atoms with Crippen molar-refractivity contribution in [2.75, 3.05) is 31.5 Å². The summed E-state index contributed by atoms with van der Waals surface area (Å²) in [4.78, 5) is 17.1. The van der Waals surface area contributed by atoms with Gasteiger partial charge in [0, 0.05) is 35.8 Å². The Morgan fingerprint density at radius 1 is 1.21 bits per heavy atom. The summed E-state index contributed by atoms with van der Waals surface area (Å²) in [5, 5.41) is 3.59. The lowest BCUT2D eigenvalue weighted by Gasteiger charge is -2.38. The van der Waals surface area contributed by atoms with E-state index in [2.05, 4.69) is 21.1 Å². The van der Waals surface area contributed by atoms with Crippen LogP contribution in [0.3, 0.4) is 0 Å². The SMILES string of the molecule is O=C(Nc1cccc(Cl)c1)N1CCC2NNC(N3CCCC3)C2C1. The summed E-state index contributed by atoms with van der Waals surface area (Å²) < 4.78 is 0. The zero-order valence-electron chi connectivity index (χ0n) is 13.7. The highest BCUT2D eigenvalue weighted by atomic mass is 35.5. The van der Waals surface area contributed by atoms with Crippen LogP contribution in [0.15, 0.2) is 24.3 Å². The number of hydrogen-bond donors (Lipinski definition) is 3. The van der Waals surface area contributed by atoms with Crippen molar-refractivity contribution in [3.8, 4) is 0 Å². The smallest absolute Gasteiger partial charge is 0.321 e. The van der Waals surface area contributed by atoms with Crippen molar-refractivity contribution in [2.45, 2.75) is 31.5 Å². The fourth-order valence-corrected chi connectivity index (χ4v) is 4.31. The molecule has 4 rings (SSSR count). The molecule has 3 saturated heterocycles. The highest BCUT2D eigenvalue weighted by molar-refractivity contribution is 6.30. The summed E-state index contributed by atoms with van der Waals surface area (Å²) in [6.45, 7) is 3.85. The number of hydrazine groups is 1. The second kappa shape index (κ2) is 6.88. The molecule has 0 aliphatic carbocycles. The average Bonchev–Trinajstić information content (AvgIpc) is 3.23. The molecule has 1 aromatic carbocycles. The Bertz CT molecular complexity index is 606. The minimum Gasteiger partial charge on any atom is -0.324 e. The van der Waals surface area contributed by atoms with Gasteiger partial charge in [-0.15, -0.1) is 0 Å². The Balaban J connectivity index is 1.40. The van der Waals surface area contributed by atoms with Crippen LogP contribution in [-0.4, -0.2) is 54.2 Å². The van der Waals surface area contributed by atoms with Gasteiger partial charge in [0.05, 0.1) is 6.17 Å². The predicted molar refractivity (Wildman–Crippen MR) is 94.8 cm³/mol. The lowest BCUT2D eigenvalue weighted by atomic mass is 9.91. The highest BCUT2D eigenvalue weighted by Crippen LogP contribution is 2.28. The maximum Gasteiger partial charge on any atom is 0.321 e. The third-order valence-corrected chi connectivity index (χ3v) is 5.61. The number of fused-ring (bicyclic) bond motifs is 1. The first kappa shape index (κ1) is 16.1. The van der Waals surface area contributed by atoms with E-state index in [1.165, 1.54) is 12.8 Å². The van der Waals surface area contributed by atoms with Crippen molar-refractivity contribution in [1.29, 1.82) is 0 Å². The molecule has 0 bridgehead atoms. The number of nitrogens with zero attached hydrogens (tertiary/aromatic N) is 2. The average molecular weight is 350 g/mol. The van der Waals surface area contributed by atoms with Gasteiger partial charge in [0.15, 0.2) is 0 Å². The largest absolute Gasteiger partial charge is 0.324 e. The first-order valence-electron chi connectivity index (χ1n) is 8.77. The maximum atomic E-state index is 12.6. The van der Waals surface area contributed by atoms with E-state index in [-0.39, 0.29) is 6.03 Å². The van der Waals surface area contributed by atoms with E-state index in [9.17, 15) is 4.79 Å². The van der Waals surface area contributed by atoms with E-state index >= 15 is 0 Å². The summed E-state index contributed by atoms with van der Waals surface area (Å²) in [6, 6.07) is 7.70. The first-order valence-corrected chi connectivity index (χ1v) is 9.15. The van der Waals surface area contributed by atoms with E-state index in [1.807, 2.05) is 17.0 Å². The molecule has 24 heavy (non-hydrogen) atoms. The molecule has 0 aromatic heterocycles. The lowest BCUT2D eigenvalue weighted by Crippen LogP contribution is -2.52. The van der Waals surface area contributed by atoms with Gasteiger partial charge in [-0.05, 0) is 50.6 Å². The van der Waals surface area contributed by atoms with Crippen LogP contribution in [0.5, 0.6) is 0 Å². The van der Waals surface area contributed by atoms with Crippen LogP contribution in [0.2, 0.25) is 5.02 Å². The Hall–Kier alpha value is -1.34. The number of urea groups is 1. The number of likely N-dealkylation sites (tertiary alicyclic amines) is 2. The maximum absolute atomic E-state index is 12.6. The second-order valence-electron chi connectivity index (χ2n) is 6.92. The van der Waals surface area contributed by atoms with E-state index in [1.54, 1.807) is 12.1 Å². The zero-order chi connectivity index (χ0) is 16.5. The number of carbonyl (C=O) groups excluding carboxylic acids is 1. The van der Waals surface area contributed by atoms with Crippen LogP contribution in [0.1, 0.15) is 19.3 Å². The van der Waals surface area contributed by atoms with Crippen LogP contribution in [0.4, 0.5) is 10.5 Å². The summed E-state index contributed by atoms with van der Waals surface area (Å²) in [5.74, 6) is 0.432. The van der Waals surface area contributed by atoms with Crippen molar-refractivity contribution in [3.05, 3.63) is 29.3 Å². The Morgan fingerprint density at radius 3 is 2.83 bits per heavy atom. The molecule has 0 radical (unpaired) electrons. The highest BCUT2D eigenvalue weighted by Gasteiger charge is 2.43. The van der Waals surface area contributed by atoms with Gasteiger partial charge in [0.25, 0.3) is 0 Å². The summed E-state index contributed by atoms with van der Waals surface area (Å²) in [7, 11) is 0. The van der Waals surface area contributed by atoms with Crippen LogP contribution in [-0.2, 0) is 0 Å². The second-order valence-corrected chi connectivity index (χ2v) is 7.36. The van der Waals surface area contributed by atoms with Gasteiger partial charge in [0.1, 0.15) is 0 Å². The van der Waals surface area contributed by atoms with E-state index in [0.29, 0.717) is 23.1 Å². The van der Waals surface area contributed by atoms with Crippen LogP contribution in [0.25, 0.3) is 0 Å². The van der Waals surface area contributed by atoms with Crippen molar-refractivity contribution in [2.24, 2.45) is 5.92 Å². The molecule has 1 aromatic rings. The van der Waals surface area contributed by atoms with Gasteiger partial charge in [-0.1, -0.05) is 17.7 Å². The Labute approximate surface area is 147 Å². The van der Waals surface area contributed by atoms with E-state index in [0.717, 1.165) is 38.3 Å². The monoisotopic (exact) mass is 349 g/mol. The van der Waals surface area contributed by atoms with E-state index in [4.69, 9.17) is 11.6 Å². The van der Waals surface area contributed by atoms with Crippen LogP contribution in [0, 0.1) is 5.92 Å². The molecule has 0 saturated carbocycles. The fraction of sp³-hybridized carbons (Fsp3) is 0.588. The van der Waals surface area contributed by atoms with Gasteiger partial charge in [-0.3, -0.25) is 10.3 Å². The van der Waals surface area contributed by atoms with Crippen molar-refractivity contribution in [3.63, 3.8) is 0 Å². The molecule has 2 amide bonds. The number of hydrogen-bond acceptors (Lipinski definition) is 4. The summed E-state index contributed by atoms with van der Waals surface area (Å²) >= 11 is 5.99. The number of anilines is 1. The fourth-order valence-electron chi connectivity index (χ4n) is 4.12. The quantitative estimate of drug-likeness (QED) is 0.765. The molecule has 3 unspecified atom stereocenters. The molecule has 3 atom stereocenters. The van der Waals surface area contributed by atoms with Crippen LogP contribution < -0.4 is 16.2 Å². The Kier molecular flexibility index (Phi) is 4.63. The van der Waals surface area contributed by atoms with Gasteiger partial charge < -0.3 is 10.2 Å². The number of amides is 2. The first-order chi connectivity index (χ1) is 11.7. The van der Waals surface area contributed by atoms with E-state index < -0.39 is 0 Å². The Morgan fingerprint density at radius 2 is 2.04 bits per heavy atom. The minimum atomic E-state index is -0.0391. The number of piperidine rings is 1. The molecule has 3 fully saturated rings. The van der Waals surface area contributed by atoms with Crippen molar-refractivity contribution >= 4 is 23.3 Å². The number of nitrogens with one attached hydrogen (secondary N) is 3. The summed E-state index contributed by atoms with van der Waals surface area (Å²) in [5.41, 5.74) is 7.64. The molecule has 7 heteroatoms. The zero-order valence-corrected chi connectivity index (χ0v) is 14.4. The molecular formula is C17H24ClN5O. The van der Waals surface area contributed by atoms with Crippen molar-refractivity contribution < 1.29 is 4.79 Å². The molecule has 3 aliphatic rings.